The molecule has 0 bridgehead atoms. The van der Waals surface area contributed by atoms with Crippen LogP contribution in [0.25, 0.3) is 0 Å². The summed E-state index contributed by atoms with van der Waals surface area (Å²) in [5.41, 5.74) is 0. The minimum absolute atomic E-state index is 0. The van der Waals surface area contributed by atoms with Gasteiger partial charge in [0.1, 0.15) is 0 Å². The van der Waals surface area contributed by atoms with Crippen LogP contribution in [0.1, 0.15) is 24.6 Å². The molecule has 1 aromatic heterocycles. The van der Waals surface area contributed by atoms with Gasteiger partial charge in [0.25, 0.3) is 6.43 Å². The average molecular weight is 486 g/mol. The van der Waals surface area contributed by atoms with Crippen molar-refractivity contribution in [1.29, 1.82) is 0 Å². The second-order valence-electron chi connectivity index (χ2n) is 6.45. The van der Waals surface area contributed by atoms with Gasteiger partial charge in [-0.25, -0.2) is 8.78 Å². The Kier molecular flexibility index (Phi) is 10.8. The molecule has 8 heteroatoms. The molecular weight excluding hydrogens is 457 g/mol. The minimum atomic E-state index is -2.24. The lowest BCUT2D eigenvalue weighted by molar-refractivity contribution is 0.0744. The van der Waals surface area contributed by atoms with Crippen LogP contribution in [0.4, 0.5) is 8.78 Å². The van der Waals surface area contributed by atoms with Crippen molar-refractivity contribution in [3.05, 3.63) is 22.4 Å². The van der Waals surface area contributed by atoms with Crippen molar-refractivity contribution in [1.82, 2.24) is 15.5 Å². The van der Waals surface area contributed by atoms with E-state index in [0.717, 1.165) is 31.8 Å². The number of hydrogen-bond acceptors (Lipinski definition) is 3. The third-order valence-electron chi connectivity index (χ3n) is 4.30. The first-order valence-electron chi connectivity index (χ1n) is 8.57. The number of piperidine rings is 1. The highest BCUT2D eigenvalue weighted by molar-refractivity contribution is 14.0. The van der Waals surface area contributed by atoms with Crippen LogP contribution in [0.5, 0.6) is 0 Å². The van der Waals surface area contributed by atoms with Crippen molar-refractivity contribution in [2.75, 3.05) is 33.2 Å². The van der Waals surface area contributed by atoms with Crippen molar-refractivity contribution in [3.63, 3.8) is 0 Å². The maximum Gasteiger partial charge on any atom is 0.251 e. The molecule has 2 N–H and O–H groups in total. The third kappa shape index (κ3) is 8.63. The van der Waals surface area contributed by atoms with Gasteiger partial charge < -0.3 is 10.6 Å². The molecule has 4 nitrogen and oxygen atoms in total. The van der Waals surface area contributed by atoms with Gasteiger partial charge >= 0.3 is 0 Å². The number of thiophene rings is 1. The summed E-state index contributed by atoms with van der Waals surface area (Å²) in [5.74, 6) is 1.33. The summed E-state index contributed by atoms with van der Waals surface area (Å²) in [7, 11) is 1.77. The predicted octanol–water partition coefficient (Wildman–Crippen LogP) is 3.44. The predicted molar refractivity (Wildman–Crippen MR) is 113 cm³/mol. The van der Waals surface area contributed by atoms with Crippen LogP contribution in [0.15, 0.2) is 22.5 Å². The van der Waals surface area contributed by atoms with Gasteiger partial charge in [0.2, 0.25) is 0 Å². The molecule has 1 aliphatic rings. The fraction of sp³-hybridized carbons (Fsp3) is 0.706. The molecule has 0 saturated carbocycles. The molecule has 0 radical (unpaired) electrons. The number of alkyl halides is 2. The lowest BCUT2D eigenvalue weighted by Crippen LogP contribution is -2.49. The molecule has 1 saturated heterocycles. The van der Waals surface area contributed by atoms with Crippen LogP contribution >= 0.6 is 35.3 Å². The van der Waals surface area contributed by atoms with Crippen LogP contribution in [-0.4, -0.2) is 56.6 Å². The third-order valence-corrected chi connectivity index (χ3v) is 5.19. The van der Waals surface area contributed by atoms with E-state index < -0.39 is 6.43 Å². The van der Waals surface area contributed by atoms with Gasteiger partial charge in [-0.3, -0.25) is 9.89 Å². The summed E-state index contributed by atoms with van der Waals surface area (Å²) in [5, 5.41) is 8.91. The van der Waals surface area contributed by atoms with E-state index in [4.69, 9.17) is 0 Å². The number of likely N-dealkylation sites (tertiary alicyclic amines) is 1. The van der Waals surface area contributed by atoms with Crippen LogP contribution in [0, 0.1) is 5.92 Å². The second-order valence-corrected chi connectivity index (χ2v) is 7.48. The van der Waals surface area contributed by atoms with Crippen LogP contribution < -0.4 is 10.6 Å². The zero-order valence-electron chi connectivity index (χ0n) is 14.9. The molecule has 1 aliphatic heterocycles. The SMILES string of the molecule is CN=C(NCC(C)Cc1cccs1)NC1CCN(CC(F)F)CC1.I. The monoisotopic (exact) mass is 486 g/mol. The molecule has 0 aliphatic carbocycles. The Morgan fingerprint density at radius 1 is 1.40 bits per heavy atom. The van der Waals surface area contributed by atoms with Gasteiger partial charge in [-0.05, 0) is 36.6 Å². The van der Waals surface area contributed by atoms with E-state index in [1.807, 2.05) is 4.90 Å². The highest BCUT2D eigenvalue weighted by atomic mass is 127. The first-order valence-corrected chi connectivity index (χ1v) is 9.45. The Morgan fingerprint density at radius 2 is 2.12 bits per heavy atom. The maximum atomic E-state index is 12.4. The zero-order valence-corrected chi connectivity index (χ0v) is 18.0. The molecular formula is C17H29F2IN4S. The number of guanidine groups is 1. The van der Waals surface area contributed by atoms with E-state index in [-0.39, 0.29) is 30.5 Å². The van der Waals surface area contributed by atoms with E-state index >= 15 is 0 Å². The molecule has 0 amide bonds. The fourth-order valence-corrected chi connectivity index (χ4v) is 3.83. The average Bonchev–Trinajstić information content (AvgIpc) is 3.05. The van der Waals surface area contributed by atoms with E-state index in [1.54, 1.807) is 18.4 Å². The van der Waals surface area contributed by atoms with Gasteiger partial charge in [-0.15, -0.1) is 35.3 Å². The van der Waals surface area contributed by atoms with Crippen LogP contribution in [0.2, 0.25) is 0 Å². The molecule has 1 atom stereocenters. The van der Waals surface area contributed by atoms with Crippen molar-refractivity contribution in [2.45, 2.75) is 38.7 Å². The smallest absolute Gasteiger partial charge is 0.251 e. The molecule has 1 unspecified atom stereocenters. The summed E-state index contributed by atoms with van der Waals surface area (Å²) in [6.07, 6.45) is 0.568. The molecule has 2 rings (SSSR count). The standard InChI is InChI=1S/C17H28F2N4S.HI/c1-13(10-15-4-3-9-24-15)11-21-17(20-2)22-14-5-7-23(8-6-14)12-16(18)19;/h3-4,9,13-14,16H,5-8,10-12H2,1-2H3,(H2,20,21,22);1H. The highest BCUT2D eigenvalue weighted by Gasteiger charge is 2.22. The van der Waals surface area contributed by atoms with Crippen molar-refractivity contribution >= 4 is 41.3 Å². The van der Waals surface area contributed by atoms with E-state index in [9.17, 15) is 8.78 Å². The topological polar surface area (TPSA) is 39.7 Å². The Morgan fingerprint density at radius 3 is 2.68 bits per heavy atom. The van der Waals surface area contributed by atoms with Crippen LogP contribution in [-0.2, 0) is 6.42 Å². The summed E-state index contributed by atoms with van der Waals surface area (Å²) < 4.78 is 24.8. The number of halogens is 3. The largest absolute Gasteiger partial charge is 0.356 e. The number of hydrogen-bond donors (Lipinski definition) is 2. The van der Waals surface area contributed by atoms with Crippen molar-refractivity contribution in [2.24, 2.45) is 10.9 Å². The lowest BCUT2D eigenvalue weighted by Gasteiger charge is -2.32. The Hall–Kier alpha value is -0.480. The molecule has 25 heavy (non-hydrogen) atoms. The van der Waals surface area contributed by atoms with Gasteiger partial charge in [-0.1, -0.05) is 13.0 Å². The van der Waals surface area contributed by atoms with Gasteiger partial charge in [0.05, 0.1) is 6.54 Å². The normalized spacial score (nSPS) is 18.0. The van der Waals surface area contributed by atoms with Crippen LogP contribution in [0.3, 0.4) is 0 Å². The summed E-state index contributed by atoms with van der Waals surface area (Å²) >= 11 is 1.79. The molecule has 0 aromatic carbocycles. The van der Waals surface area contributed by atoms with Crippen molar-refractivity contribution < 1.29 is 8.78 Å². The fourth-order valence-electron chi connectivity index (χ4n) is 2.96. The Balaban J connectivity index is 0.00000312. The Bertz CT molecular complexity index is 491. The summed E-state index contributed by atoms with van der Waals surface area (Å²) in [4.78, 5) is 7.52. The molecule has 1 aromatic rings. The first kappa shape index (κ1) is 22.6. The van der Waals surface area contributed by atoms with Gasteiger partial charge in [0, 0.05) is 37.6 Å². The van der Waals surface area contributed by atoms with Crippen molar-refractivity contribution in [3.8, 4) is 0 Å². The number of nitrogens with zero attached hydrogens (tertiary/aromatic N) is 2. The zero-order chi connectivity index (χ0) is 17.4. The molecule has 0 spiro atoms. The highest BCUT2D eigenvalue weighted by Crippen LogP contribution is 2.14. The molecule has 144 valence electrons. The summed E-state index contributed by atoms with van der Waals surface area (Å²) in [6, 6.07) is 4.56. The van der Waals surface area contributed by atoms with Gasteiger partial charge in [0.15, 0.2) is 5.96 Å². The number of nitrogens with one attached hydrogen (secondary N) is 2. The Labute approximate surface area is 170 Å². The summed E-state index contributed by atoms with van der Waals surface area (Å²) in [6.45, 7) is 4.41. The number of aliphatic imine (C=N–C) groups is 1. The van der Waals surface area contributed by atoms with Gasteiger partial charge in [-0.2, -0.15) is 0 Å². The van der Waals surface area contributed by atoms with E-state index in [1.165, 1.54) is 4.88 Å². The lowest BCUT2D eigenvalue weighted by atomic mass is 10.1. The molecule has 1 fully saturated rings. The van der Waals surface area contributed by atoms with E-state index in [2.05, 4.69) is 40.1 Å². The minimum Gasteiger partial charge on any atom is -0.356 e. The quantitative estimate of drug-likeness (QED) is 0.353. The maximum absolute atomic E-state index is 12.4. The second kappa shape index (κ2) is 12.0. The van der Waals surface area contributed by atoms with E-state index in [0.29, 0.717) is 25.0 Å². The molecule has 2 heterocycles. The number of rotatable bonds is 7. The first-order chi connectivity index (χ1) is 11.6.